The smallest absolute Gasteiger partial charge is 0.252 e. The van der Waals surface area contributed by atoms with Crippen molar-refractivity contribution in [3.8, 4) is 22.3 Å². The zero-order valence-electron chi connectivity index (χ0n) is 38.8. The summed E-state index contributed by atoms with van der Waals surface area (Å²) in [5.74, 6) is -0.00802. The lowest BCUT2D eigenvalue weighted by Gasteiger charge is -2.45. The number of anilines is 6. The standard InChI is InChI=1S/C63H55BN2/c1-62(2,3)50-30-35-53(36-31-50)66-57-38-32-51(63(4,5)6)42-55(57)64-54-39-48(44-21-13-8-14-22-44)29-37-56(54)65(52-33-27-45(28-34-52)43-19-11-7-12-20-43)58-40-49(41-59(66)61(58)64)60(46-23-15-9-16-24-46)47-25-17-10-18-26-47/h7-42,60H,1-6H3. The van der Waals surface area contributed by atoms with Crippen molar-refractivity contribution in [1.82, 2.24) is 0 Å². The van der Waals surface area contributed by atoms with Crippen molar-refractivity contribution in [3.05, 3.63) is 246 Å². The minimum absolute atomic E-state index is 0.00802. The Hall–Kier alpha value is -7.36. The second kappa shape index (κ2) is 16.3. The van der Waals surface area contributed by atoms with Gasteiger partial charge in [0.15, 0.2) is 0 Å². The molecule has 0 bridgehead atoms. The van der Waals surface area contributed by atoms with E-state index in [0.717, 1.165) is 11.4 Å². The Morgan fingerprint density at radius 2 is 0.727 bits per heavy atom. The van der Waals surface area contributed by atoms with Crippen LogP contribution < -0.4 is 26.2 Å². The molecule has 0 radical (unpaired) electrons. The zero-order valence-corrected chi connectivity index (χ0v) is 38.8. The van der Waals surface area contributed by atoms with Gasteiger partial charge in [0, 0.05) is 40.0 Å². The summed E-state index contributed by atoms with van der Waals surface area (Å²) in [4.78, 5) is 5.13. The van der Waals surface area contributed by atoms with Crippen molar-refractivity contribution in [2.45, 2.75) is 58.3 Å². The number of fused-ring (bicyclic) bond motifs is 4. The van der Waals surface area contributed by atoms with E-state index in [4.69, 9.17) is 0 Å². The van der Waals surface area contributed by atoms with Gasteiger partial charge in [-0.25, -0.2) is 0 Å². The molecule has 9 aromatic carbocycles. The molecule has 0 spiro atoms. The highest BCUT2D eigenvalue weighted by atomic mass is 15.2. The van der Waals surface area contributed by atoms with Crippen molar-refractivity contribution in [1.29, 1.82) is 0 Å². The van der Waals surface area contributed by atoms with Crippen LogP contribution in [0.1, 0.15) is 75.3 Å². The molecule has 0 aromatic heterocycles. The van der Waals surface area contributed by atoms with E-state index in [1.165, 1.54) is 89.2 Å². The predicted molar refractivity (Wildman–Crippen MR) is 283 cm³/mol. The molecule has 0 fully saturated rings. The molecule has 11 rings (SSSR count). The van der Waals surface area contributed by atoms with Gasteiger partial charge in [0.1, 0.15) is 0 Å². The molecule has 0 saturated carbocycles. The maximum absolute atomic E-state index is 2.57. The summed E-state index contributed by atoms with van der Waals surface area (Å²) in [6.07, 6.45) is 0. The summed E-state index contributed by atoms with van der Waals surface area (Å²) in [6.45, 7) is 13.9. The third-order valence-electron chi connectivity index (χ3n) is 13.9. The van der Waals surface area contributed by atoms with Crippen molar-refractivity contribution < 1.29 is 0 Å². The maximum Gasteiger partial charge on any atom is 0.252 e. The number of nitrogens with zero attached hydrogens (tertiary/aromatic N) is 2. The molecule has 3 heteroatoms. The molecule has 2 heterocycles. The minimum atomic E-state index is -0.0459. The van der Waals surface area contributed by atoms with Gasteiger partial charge < -0.3 is 9.80 Å². The highest BCUT2D eigenvalue weighted by molar-refractivity contribution is 7.00. The van der Waals surface area contributed by atoms with Gasteiger partial charge in [0.05, 0.1) is 0 Å². The summed E-state index contributed by atoms with van der Waals surface area (Å²) in [7, 11) is 0. The third kappa shape index (κ3) is 7.33. The Labute approximate surface area is 392 Å². The van der Waals surface area contributed by atoms with Crippen LogP contribution in [0.15, 0.2) is 218 Å². The zero-order chi connectivity index (χ0) is 45.2. The van der Waals surface area contributed by atoms with Crippen molar-refractivity contribution in [3.63, 3.8) is 0 Å². The van der Waals surface area contributed by atoms with E-state index in [1.807, 2.05) is 0 Å². The average Bonchev–Trinajstić information content (AvgIpc) is 3.34. The Morgan fingerprint density at radius 3 is 1.23 bits per heavy atom. The molecule has 66 heavy (non-hydrogen) atoms. The van der Waals surface area contributed by atoms with Crippen LogP contribution in [0.25, 0.3) is 22.3 Å². The molecule has 2 nitrogen and oxygen atoms in total. The first-order valence-electron chi connectivity index (χ1n) is 23.5. The van der Waals surface area contributed by atoms with Gasteiger partial charge in [0.25, 0.3) is 6.71 Å². The lowest BCUT2D eigenvalue weighted by molar-refractivity contribution is 0.590. The van der Waals surface area contributed by atoms with E-state index in [1.54, 1.807) is 0 Å². The maximum atomic E-state index is 2.57. The molecule has 0 amide bonds. The highest BCUT2D eigenvalue weighted by Gasteiger charge is 2.44. The van der Waals surface area contributed by atoms with Crippen LogP contribution in [-0.2, 0) is 10.8 Å². The van der Waals surface area contributed by atoms with E-state index >= 15 is 0 Å². The van der Waals surface area contributed by atoms with Crippen LogP contribution in [0.4, 0.5) is 34.1 Å². The van der Waals surface area contributed by atoms with Crippen molar-refractivity contribution in [2.75, 3.05) is 9.80 Å². The quantitative estimate of drug-likeness (QED) is 0.116. The van der Waals surface area contributed by atoms with Gasteiger partial charge in [-0.3, -0.25) is 0 Å². The van der Waals surface area contributed by atoms with Crippen LogP contribution >= 0.6 is 0 Å². The molecule has 2 aliphatic rings. The molecule has 0 saturated heterocycles. The fraction of sp³-hybridized carbons (Fsp3) is 0.143. The number of hydrogen-bond acceptors (Lipinski definition) is 2. The van der Waals surface area contributed by atoms with Crippen LogP contribution in [0.2, 0.25) is 0 Å². The first kappa shape index (κ1) is 41.4. The molecular weight excluding hydrogens is 796 g/mol. The normalized spacial score (nSPS) is 13.0. The molecule has 320 valence electrons. The molecule has 0 aliphatic carbocycles. The highest BCUT2D eigenvalue weighted by Crippen LogP contribution is 2.48. The molecule has 9 aromatic rings. The van der Waals surface area contributed by atoms with Gasteiger partial charge in [-0.2, -0.15) is 0 Å². The molecule has 2 aliphatic heterocycles. The van der Waals surface area contributed by atoms with Crippen LogP contribution in [0, 0.1) is 0 Å². The van der Waals surface area contributed by atoms with Gasteiger partial charge in [-0.05, 0) is 126 Å². The van der Waals surface area contributed by atoms with Gasteiger partial charge in [0.2, 0.25) is 0 Å². The molecular formula is C63H55BN2. The summed E-state index contributed by atoms with van der Waals surface area (Å²) >= 11 is 0. The fourth-order valence-electron chi connectivity index (χ4n) is 10.4. The van der Waals surface area contributed by atoms with Crippen LogP contribution in [0.3, 0.4) is 0 Å². The number of rotatable bonds is 7. The summed E-state index contributed by atoms with van der Waals surface area (Å²) < 4.78 is 0. The van der Waals surface area contributed by atoms with E-state index in [-0.39, 0.29) is 23.5 Å². The Bertz CT molecular complexity index is 3140. The number of benzene rings is 9. The predicted octanol–water partition coefficient (Wildman–Crippen LogP) is 14.9. The summed E-state index contributed by atoms with van der Waals surface area (Å²) in [5, 5.41) is 0. The van der Waals surface area contributed by atoms with Gasteiger partial charge in [-0.1, -0.05) is 211 Å². The van der Waals surface area contributed by atoms with E-state index < -0.39 is 0 Å². The SMILES string of the molecule is CC(C)(C)c1ccc(N2c3ccc(C(C)(C)C)cc3B3c4cc(-c5ccccc5)ccc4N(c4ccc(-c5ccccc5)cc4)c4cc(C(c5ccccc5)c5ccccc5)cc2c43)cc1. The second-order valence-corrected chi connectivity index (χ2v) is 20.2. The molecule has 0 N–H and O–H groups in total. The largest absolute Gasteiger partial charge is 0.311 e. The third-order valence-corrected chi connectivity index (χ3v) is 13.9. The second-order valence-electron chi connectivity index (χ2n) is 20.2. The average molecular weight is 851 g/mol. The summed E-state index contributed by atoms with van der Waals surface area (Å²) in [5.41, 5.74) is 22.4. The molecule has 0 atom stereocenters. The monoisotopic (exact) mass is 850 g/mol. The topological polar surface area (TPSA) is 6.48 Å². The fourth-order valence-corrected chi connectivity index (χ4v) is 10.4. The Balaban J connectivity index is 1.25. The van der Waals surface area contributed by atoms with Crippen LogP contribution in [0.5, 0.6) is 0 Å². The van der Waals surface area contributed by atoms with E-state index in [0.29, 0.717) is 0 Å². The minimum Gasteiger partial charge on any atom is -0.311 e. The van der Waals surface area contributed by atoms with Crippen molar-refractivity contribution in [2.24, 2.45) is 0 Å². The first-order valence-corrected chi connectivity index (χ1v) is 23.5. The van der Waals surface area contributed by atoms with E-state index in [2.05, 4.69) is 270 Å². The van der Waals surface area contributed by atoms with E-state index in [9.17, 15) is 0 Å². The first-order chi connectivity index (χ1) is 32.0. The summed E-state index contributed by atoms with van der Waals surface area (Å²) in [6, 6.07) is 81.8. The lowest BCUT2D eigenvalue weighted by atomic mass is 9.33. The number of hydrogen-bond donors (Lipinski definition) is 0. The van der Waals surface area contributed by atoms with Gasteiger partial charge >= 0.3 is 0 Å². The Morgan fingerprint density at radius 1 is 0.333 bits per heavy atom. The van der Waals surface area contributed by atoms with Gasteiger partial charge in [-0.15, -0.1) is 0 Å². The Kier molecular flexibility index (Phi) is 10.2. The van der Waals surface area contributed by atoms with Crippen molar-refractivity contribution >= 4 is 57.2 Å². The van der Waals surface area contributed by atoms with Crippen LogP contribution in [-0.4, -0.2) is 6.71 Å². The lowest BCUT2D eigenvalue weighted by Crippen LogP contribution is -2.61. The molecule has 0 unspecified atom stereocenters.